The van der Waals surface area contributed by atoms with Gasteiger partial charge < -0.3 is 0 Å². The molecular formula is C21H17N5OS2. The predicted molar refractivity (Wildman–Crippen MR) is 118 cm³/mol. The molecule has 0 atom stereocenters. The van der Waals surface area contributed by atoms with E-state index in [0.717, 1.165) is 22.0 Å². The van der Waals surface area contributed by atoms with Crippen molar-refractivity contribution >= 4 is 35.2 Å². The number of hydrazone groups is 1. The minimum absolute atomic E-state index is 0.182. The van der Waals surface area contributed by atoms with Crippen LogP contribution in [0.25, 0.3) is 17.1 Å². The van der Waals surface area contributed by atoms with Gasteiger partial charge in [0.25, 0.3) is 5.91 Å². The van der Waals surface area contributed by atoms with Crippen LogP contribution in [0.1, 0.15) is 4.88 Å². The van der Waals surface area contributed by atoms with E-state index in [-0.39, 0.29) is 11.7 Å². The van der Waals surface area contributed by atoms with Gasteiger partial charge in [-0.25, -0.2) is 5.43 Å². The Morgan fingerprint density at radius 3 is 2.52 bits per heavy atom. The Hall–Kier alpha value is -3.23. The van der Waals surface area contributed by atoms with Crippen molar-refractivity contribution < 1.29 is 4.79 Å². The van der Waals surface area contributed by atoms with Crippen molar-refractivity contribution in [3.8, 4) is 17.1 Å². The molecule has 0 aliphatic rings. The fraction of sp³-hybridized carbons (Fsp3) is 0.0476. The zero-order valence-electron chi connectivity index (χ0n) is 15.3. The smallest absolute Gasteiger partial charge is 0.250 e. The maximum absolute atomic E-state index is 12.2. The highest BCUT2D eigenvalue weighted by Crippen LogP contribution is 2.27. The molecule has 144 valence electrons. The Bertz CT molecular complexity index is 1090. The second-order valence-corrected chi connectivity index (χ2v) is 7.86. The van der Waals surface area contributed by atoms with Gasteiger partial charge in [-0.15, -0.1) is 21.5 Å². The maximum Gasteiger partial charge on any atom is 0.250 e. The molecule has 8 heteroatoms. The number of para-hydroxylation sites is 1. The lowest BCUT2D eigenvalue weighted by atomic mass is 10.2. The number of aromatic nitrogens is 3. The first kappa shape index (κ1) is 19.1. The molecule has 6 nitrogen and oxygen atoms in total. The quantitative estimate of drug-likeness (QED) is 0.276. The summed E-state index contributed by atoms with van der Waals surface area (Å²) in [6.07, 6.45) is 1.63. The van der Waals surface area contributed by atoms with Gasteiger partial charge in [0.1, 0.15) is 0 Å². The first-order valence-corrected chi connectivity index (χ1v) is 10.7. The molecule has 0 spiro atoms. The summed E-state index contributed by atoms with van der Waals surface area (Å²) in [5, 5.41) is 15.3. The van der Waals surface area contributed by atoms with Crippen LogP contribution in [0.4, 0.5) is 0 Å². The number of nitrogens with zero attached hydrogens (tertiary/aromatic N) is 4. The second-order valence-electron chi connectivity index (χ2n) is 5.94. The van der Waals surface area contributed by atoms with E-state index in [0.29, 0.717) is 5.16 Å². The molecule has 0 fully saturated rings. The summed E-state index contributed by atoms with van der Waals surface area (Å²) >= 11 is 2.88. The fourth-order valence-electron chi connectivity index (χ4n) is 2.64. The van der Waals surface area contributed by atoms with Crippen LogP contribution in [-0.2, 0) is 4.79 Å². The maximum atomic E-state index is 12.2. The van der Waals surface area contributed by atoms with Gasteiger partial charge in [0.05, 0.1) is 12.0 Å². The van der Waals surface area contributed by atoms with Crippen LogP contribution in [0.3, 0.4) is 0 Å². The summed E-state index contributed by atoms with van der Waals surface area (Å²) in [6.45, 7) is 0. The van der Waals surface area contributed by atoms with Crippen molar-refractivity contribution in [1.82, 2.24) is 20.2 Å². The van der Waals surface area contributed by atoms with Crippen LogP contribution in [-0.4, -0.2) is 32.6 Å². The monoisotopic (exact) mass is 419 g/mol. The number of benzene rings is 2. The van der Waals surface area contributed by atoms with Crippen LogP contribution in [0.5, 0.6) is 0 Å². The zero-order chi connectivity index (χ0) is 19.9. The minimum atomic E-state index is -0.202. The Morgan fingerprint density at radius 2 is 1.79 bits per heavy atom. The van der Waals surface area contributed by atoms with Gasteiger partial charge in [-0.1, -0.05) is 66.4 Å². The van der Waals surface area contributed by atoms with Gasteiger partial charge in [-0.05, 0) is 23.6 Å². The van der Waals surface area contributed by atoms with Gasteiger partial charge in [0.2, 0.25) is 0 Å². The molecule has 0 aliphatic carbocycles. The SMILES string of the molecule is O=C(CSc1nnc(-c2ccccc2)n1-c1ccccc1)N/N=C/c1cccs1. The van der Waals surface area contributed by atoms with E-state index in [4.69, 9.17) is 0 Å². The van der Waals surface area contributed by atoms with Crippen molar-refractivity contribution in [3.63, 3.8) is 0 Å². The number of thioether (sulfide) groups is 1. The van der Waals surface area contributed by atoms with Crippen molar-refractivity contribution in [2.24, 2.45) is 5.10 Å². The molecule has 0 aliphatic heterocycles. The number of hydrogen-bond acceptors (Lipinski definition) is 6. The van der Waals surface area contributed by atoms with E-state index in [9.17, 15) is 4.79 Å². The number of carbonyl (C=O) groups excluding carboxylic acids is 1. The van der Waals surface area contributed by atoms with Crippen molar-refractivity contribution in [2.75, 3.05) is 5.75 Å². The van der Waals surface area contributed by atoms with Gasteiger partial charge in [0, 0.05) is 16.1 Å². The van der Waals surface area contributed by atoms with E-state index in [1.807, 2.05) is 82.7 Å². The highest BCUT2D eigenvalue weighted by Gasteiger charge is 2.16. The fourth-order valence-corrected chi connectivity index (χ4v) is 3.97. The third-order valence-electron chi connectivity index (χ3n) is 3.94. The molecular weight excluding hydrogens is 402 g/mol. The Labute approximate surface area is 176 Å². The topological polar surface area (TPSA) is 72.2 Å². The predicted octanol–water partition coefficient (Wildman–Crippen LogP) is 4.24. The number of rotatable bonds is 7. The van der Waals surface area contributed by atoms with E-state index in [2.05, 4.69) is 20.7 Å². The first-order chi connectivity index (χ1) is 14.3. The summed E-state index contributed by atoms with van der Waals surface area (Å²) in [5.74, 6) is 0.712. The third kappa shape index (κ3) is 4.79. The molecule has 1 amide bonds. The number of thiophene rings is 1. The average Bonchev–Trinajstić information content (AvgIpc) is 3.43. The standard InChI is InChI=1S/C21H17N5OS2/c27-19(23-22-14-18-12-7-13-28-18)15-29-21-25-24-20(16-8-3-1-4-9-16)26(21)17-10-5-2-6-11-17/h1-14H,15H2,(H,23,27)/b22-14+. The Kier molecular flexibility index (Phi) is 6.13. The normalized spacial score (nSPS) is 11.0. The lowest BCUT2D eigenvalue weighted by molar-refractivity contribution is -0.118. The molecule has 0 saturated heterocycles. The molecule has 2 aromatic heterocycles. The van der Waals surface area contributed by atoms with Crippen LogP contribution in [0, 0.1) is 0 Å². The average molecular weight is 420 g/mol. The molecule has 4 rings (SSSR count). The Balaban J connectivity index is 1.51. The van der Waals surface area contributed by atoms with E-state index in [1.54, 1.807) is 17.6 Å². The molecule has 0 bridgehead atoms. The molecule has 0 unspecified atom stereocenters. The van der Waals surface area contributed by atoms with Crippen molar-refractivity contribution in [3.05, 3.63) is 83.1 Å². The molecule has 0 saturated carbocycles. The Morgan fingerprint density at radius 1 is 1.03 bits per heavy atom. The van der Waals surface area contributed by atoms with Crippen molar-refractivity contribution in [1.29, 1.82) is 0 Å². The number of hydrogen-bond donors (Lipinski definition) is 1. The summed E-state index contributed by atoms with van der Waals surface area (Å²) in [4.78, 5) is 13.2. The van der Waals surface area contributed by atoms with Crippen LogP contribution < -0.4 is 5.43 Å². The molecule has 1 N–H and O–H groups in total. The van der Waals surface area contributed by atoms with Gasteiger partial charge in [-0.3, -0.25) is 9.36 Å². The molecule has 2 heterocycles. The van der Waals surface area contributed by atoms with E-state index in [1.165, 1.54) is 11.8 Å². The number of amides is 1. The number of carbonyl (C=O) groups is 1. The summed E-state index contributed by atoms with van der Waals surface area (Å²) in [6, 6.07) is 23.6. The van der Waals surface area contributed by atoms with E-state index >= 15 is 0 Å². The number of nitrogens with one attached hydrogen (secondary N) is 1. The largest absolute Gasteiger partial charge is 0.272 e. The van der Waals surface area contributed by atoms with Crippen molar-refractivity contribution in [2.45, 2.75) is 5.16 Å². The molecule has 29 heavy (non-hydrogen) atoms. The van der Waals surface area contributed by atoms with Gasteiger partial charge in [-0.2, -0.15) is 5.10 Å². The van der Waals surface area contributed by atoms with Crippen LogP contribution in [0.2, 0.25) is 0 Å². The first-order valence-electron chi connectivity index (χ1n) is 8.86. The van der Waals surface area contributed by atoms with E-state index < -0.39 is 0 Å². The van der Waals surface area contributed by atoms with Crippen LogP contribution in [0.15, 0.2) is 88.4 Å². The lowest BCUT2D eigenvalue weighted by Crippen LogP contribution is -2.19. The second kappa shape index (κ2) is 9.31. The highest BCUT2D eigenvalue weighted by molar-refractivity contribution is 7.99. The summed E-state index contributed by atoms with van der Waals surface area (Å²) in [7, 11) is 0. The molecule has 4 aromatic rings. The minimum Gasteiger partial charge on any atom is -0.272 e. The summed E-state index contributed by atoms with van der Waals surface area (Å²) in [5.41, 5.74) is 4.45. The van der Waals surface area contributed by atoms with Crippen LogP contribution >= 0.6 is 23.1 Å². The summed E-state index contributed by atoms with van der Waals surface area (Å²) < 4.78 is 1.96. The van der Waals surface area contributed by atoms with Gasteiger partial charge >= 0.3 is 0 Å². The van der Waals surface area contributed by atoms with Gasteiger partial charge in [0.15, 0.2) is 11.0 Å². The molecule has 0 radical (unpaired) electrons. The zero-order valence-corrected chi connectivity index (χ0v) is 16.9. The third-order valence-corrected chi connectivity index (χ3v) is 5.67. The highest BCUT2D eigenvalue weighted by atomic mass is 32.2. The molecule has 2 aromatic carbocycles. The lowest BCUT2D eigenvalue weighted by Gasteiger charge is -2.10.